The van der Waals surface area contributed by atoms with Crippen molar-refractivity contribution in [2.24, 2.45) is 5.73 Å². The molecule has 5 heteroatoms. The monoisotopic (exact) mass is 322 g/mol. The molecule has 1 unspecified atom stereocenters. The molecule has 0 saturated heterocycles. The fraction of sp³-hybridized carbons (Fsp3) is 0.500. The molecule has 21 heavy (non-hydrogen) atoms. The van der Waals surface area contributed by atoms with E-state index in [1.807, 2.05) is 29.5 Å². The van der Waals surface area contributed by atoms with E-state index in [-0.39, 0.29) is 12.3 Å². The number of rotatable bonds is 4. The van der Waals surface area contributed by atoms with Gasteiger partial charge < -0.3 is 5.73 Å². The first-order valence-electron chi connectivity index (χ1n) is 7.60. The second kappa shape index (κ2) is 6.07. The smallest absolute Gasteiger partial charge is 0.0739 e. The second-order valence-electron chi connectivity index (χ2n) is 5.85. The van der Waals surface area contributed by atoms with E-state index in [1.165, 1.54) is 42.4 Å². The van der Waals surface area contributed by atoms with Gasteiger partial charge in [0.2, 0.25) is 0 Å². The largest absolute Gasteiger partial charge is 0.330 e. The Morgan fingerprint density at radius 1 is 1.24 bits per heavy atom. The van der Waals surface area contributed by atoms with Crippen LogP contribution in [0.5, 0.6) is 0 Å². The molecular weight excluding hydrogens is 300 g/mol. The Balaban J connectivity index is 1.95. The van der Waals surface area contributed by atoms with Gasteiger partial charge in [0.15, 0.2) is 0 Å². The van der Waals surface area contributed by atoms with Crippen molar-refractivity contribution >= 4 is 31.2 Å². The molecule has 1 aromatic heterocycles. The van der Waals surface area contributed by atoms with Crippen molar-refractivity contribution in [3.05, 3.63) is 29.1 Å². The summed E-state index contributed by atoms with van der Waals surface area (Å²) in [6, 6.07) is 8.08. The lowest BCUT2D eigenvalue weighted by atomic mass is 9.88. The predicted molar refractivity (Wildman–Crippen MR) is 90.7 cm³/mol. The Morgan fingerprint density at radius 2 is 2.00 bits per heavy atom. The van der Waals surface area contributed by atoms with E-state index >= 15 is 0 Å². The zero-order valence-corrected chi connectivity index (χ0v) is 13.8. The maximum atomic E-state index is 12.3. The first kappa shape index (κ1) is 15.0. The maximum absolute atomic E-state index is 12.3. The molecule has 1 atom stereocenters. The highest BCUT2D eigenvalue weighted by molar-refractivity contribution is 7.92. The summed E-state index contributed by atoms with van der Waals surface area (Å²) >= 11 is 1.81. The Labute approximate surface area is 130 Å². The van der Waals surface area contributed by atoms with Crippen molar-refractivity contribution in [1.82, 2.24) is 0 Å². The molecule has 1 aliphatic rings. The summed E-state index contributed by atoms with van der Waals surface area (Å²) in [4.78, 5) is 2.08. The fourth-order valence-corrected chi connectivity index (χ4v) is 5.62. The second-order valence-corrected chi connectivity index (χ2v) is 9.20. The van der Waals surface area contributed by atoms with Crippen LogP contribution in [0.15, 0.2) is 29.2 Å². The molecule has 0 amide bonds. The van der Waals surface area contributed by atoms with Crippen molar-refractivity contribution in [3.8, 4) is 0 Å². The number of nitrogens with two attached hydrogens (primary N) is 1. The van der Waals surface area contributed by atoms with Gasteiger partial charge in [-0.05, 0) is 42.3 Å². The van der Waals surface area contributed by atoms with Gasteiger partial charge in [-0.3, -0.25) is 0 Å². The number of hydrogen-bond donors (Lipinski definition) is 2. The highest BCUT2D eigenvalue weighted by atomic mass is 32.2. The van der Waals surface area contributed by atoms with Gasteiger partial charge in [0.25, 0.3) is 0 Å². The summed E-state index contributed by atoms with van der Waals surface area (Å²) in [7, 11) is -2.74. The first-order chi connectivity index (χ1) is 10.1. The molecule has 0 radical (unpaired) electrons. The van der Waals surface area contributed by atoms with Gasteiger partial charge >= 0.3 is 0 Å². The molecule has 2 aromatic rings. The fourth-order valence-electron chi connectivity index (χ4n) is 3.11. The van der Waals surface area contributed by atoms with Crippen LogP contribution < -0.4 is 5.73 Å². The summed E-state index contributed by atoms with van der Waals surface area (Å²) in [5.41, 5.74) is 5.47. The molecule has 114 valence electrons. The van der Waals surface area contributed by atoms with Gasteiger partial charge in [-0.25, -0.2) is 8.99 Å². The lowest BCUT2D eigenvalue weighted by molar-refractivity contribution is 0.448. The average molecular weight is 322 g/mol. The van der Waals surface area contributed by atoms with Crippen molar-refractivity contribution in [3.63, 3.8) is 0 Å². The van der Waals surface area contributed by atoms with E-state index in [0.29, 0.717) is 10.8 Å². The van der Waals surface area contributed by atoms with Crippen LogP contribution in [0.1, 0.15) is 42.9 Å². The summed E-state index contributed by atoms with van der Waals surface area (Å²) in [5, 5.41) is 1.22. The zero-order chi connectivity index (χ0) is 14.9. The van der Waals surface area contributed by atoms with E-state index in [2.05, 4.69) is 6.07 Å². The van der Waals surface area contributed by atoms with Gasteiger partial charge in [0.05, 0.1) is 9.73 Å². The molecule has 0 aliphatic heterocycles. The molecule has 1 saturated carbocycles. The van der Waals surface area contributed by atoms with Gasteiger partial charge in [-0.15, -0.1) is 11.3 Å². The third-order valence-electron chi connectivity index (χ3n) is 4.30. The van der Waals surface area contributed by atoms with E-state index in [4.69, 9.17) is 10.5 Å². The van der Waals surface area contributed by atoms with Gasteiger partial charge in [0, 0.05) is 26.8 Å². The summed E-state index contributed by atoms with van der Waals surface area (Å²) in [5.74, 6) is 0.934. The minimum atomic E-state index is -2.74. The van der Waals surface area contributed by atoms with Gasteiger partial charge in [0.1, 0.15) is 0 Å². The number of nitrogens with one attached hydrogen (secondary N) is 1. The number of benzene rings is 1. The minimum Gasteiger partial charge on any atom is -0.330 e. The predicted octanol–water partition coefficient (Wildman–Crippen LogP) is 4.31. The summed E-state index contributed by atoms with van der Waals surface area (Å²) in [6.45, 7) is 0.290. The standard InChI is InChI=1S/C16H22N2OS2/c17-8-9-21(18,19)14-7-6-13-10-15(20-16(13)11-14)12-4-2-1-3-5-12/h6-7,10-12,18H,1-5,8-9,17H2. The number of fused-ring (bicyclic) bond motifs is 1. The van der Waals surface area contributed by atoms with Crippen LogP contribution in [0.4, 0.5) is 0 Å². The van der Waals surface area contributed by atoms with Gasteiger partial charge in [-0.2, -0.15) is 0 Å². The summed E-state index contributed by atoms with van der Waals surface area (Å²) in [6.07, 6.45) is 6.62. The number of hydrogen-bond acceptors (Lipinski definition) is 4. The minimum absolute atomic E-state index is 0.235. The van der Waals surface area contributed by atoms with E-state index < -0.39 is 9.73 Å². The summed E-state index contributed by atoms with van der Waals surface area (Å²) < 4.78 is 21.5. The van der Waals surface area contributed by atoms with Gasteiger partial charge in [-0.1, -0.05) is 25.3 Å². The van der Waals surface area contributed by atoms with Crippen LogP contribution >= 0.6 is 11.3 Å². The van der Waals surface area contributed by atoms with Crippen LogP contribution in [0.3, 0.4) is 0 Å². The van der Waals surface area contributed by atoms with E-state index in [1.54, 1.807) is 0 Å². The van der Waals surface area contributed by atoms with Crippen molar-refractivity contribution in [2.45, 2.75) is 42.9 Å². The highest BCUT2D eigenvalue weighted by Gasteiger charge is 2.18. The number of thiophene rings is 1. The van der Waals surface area contributed by atoms with E-state index in [9.17, 15) is 4.21 Å². The molecule has 1 heterocycles. The molecule has 0 spiro atoms. The van der Waals surface area contributed by atoms with Crippen LogP contribution in [-0.2, 0) is 9.73 Å². The van der Waals surface area contributed by atoms with Crippen LogP contribution in [0.25, 0.3) is 10.1 Å². The SMILES string of the molecule is N=S(=O)(CCN)c1ccc2cc(C3CCCCC3)sc2c1. The van der Waals surface area contributed by atoms with E-state index in [0.717, 1.165) is 4.70 Å². The van der Waals surface area contributed by atoms with Crippen LogP contribution in [-0.4, -0.2) is 16.5 Å². The molecule has 3 N–H and O–H groups in total. The first-order valence-corrected chi connectivity index (χ1v) is 10.1. The van der Waals surface area contributed by atoms with Crippen molar-refractivity contribution < 1.29 is 4.21 Å². The molecule has 1 fully saturated rings. The lowest BCUT2D eigenvalue weighted by Gasteiger charge is -2.19. The molecular formula is C16H22N2OS2. The zero-order valence-electron chi connectivity index (χ0n) is 12.1. The third-order valence-corrected chi connectivity index (χ3v) is 7.39. The third kappa shape index (κ3) is 3.15. The Bertz CT molecular complexity index is 728. The van der Waals surface area contributed by atoms with Crippen LogP contribution in [0.2, 0.25) is 0 Å². The quantitative estimate of drug-likeness (QED) is 0.880. The maximum Gasteiger partial charge on any atom is 0.0739 e. The van der Waals surface area contributed by atoms with Crippen molar-refractivity contribution in [1.29, 1.82) is 4.78 Å². The molecule has 1 aliphatic carbocycles. The topological polar surface area (TPSA) is 66.9 Å². The Hall–Kier alpha value is -0.910. The lowest BCUT2D eigenvalue weighted by Crippen LogP contribution is -2.14. The Kier molecular flexibility index (Phi) is 4.33. The van der Waals surface area contributed by atoms with Crippen LogP contribution in [0, 0.1) is 4.78 Å². The normalized spacial score (nSPS) is 19.7. The molecule has 3 nitrogen and oxygen atoms in total. The van der Waals surface area contributed by atoms with Crippen molar-refractivity contribution in [2.75, 3.05) is 12.3 Å². The molecule has 3 rings (SSSR count). The molecule has 1 aromatic carbocycles. The average Bonchev–Trinajstić information content (AvgIpc) is 2.91. The highest BCUT2D eigenvalue weighted by Crippen LogP contribution is 2.39. The Morgan fingerprint density at radius 3 is 2.71 bits per heavy atom. The molecule has 0 bridgehead atoms.